The Bertz CT molecular complexity index is 661. The number of aryl methyl sites for hydroxylation is 1. The Morgan fingerprint density at radius 1 is 1.40 bits per heavy atom. The predicted octanol–water partition coefficient (Wildman–Crippen LogP) is 1.84. The van der Waals surface area contributed by atoms with Gasteiger partial charge in [-0.05, 0) is 34.5 Å². The largest absolute Gasteiger partial charge is 0.356 e. The lowest BCUT2D eigenvalue weighted by atomic mass is 10.3. The summed E-state index contributed by atoms with van der Waals surface area (Å²) in [5.41, 5.74) is 3.30. The van der Waals surface area contributed by atoms with Crippen LogP contribution in [0.5, 0.6) is 0 Å². The highest BCUT2D eigenvalue weighted by Crippen LogP contribution is 2.17. The molecule has 20 heavy (non-hydrogen) atoms. The van der Waals surface area contributed by atoms with Gasteiger partial charge in [0.15, 0.2) is 5.96 Å². The molecule has 0 fully saturated rings. The Kier molecular flexibility index (Phi) is 3.65. The van der Waals surface area contributed by atoms with Gasteiger partial charge in [-0.2, -0.15) is 0 Å². The van der Waals surface area contributed by atoms with Gasteiger partial charge in [-0.25, -0.2) is 4.98 Å². The van der Waals surface area contributed by atoms with Crippen molar-refractivity contribution in [2.75, 3.05) is 26.7 Å². The van der Waals surface area contributed by atoms with E-state index in [-0.39, 0.29) is 0 Å². The van der Waals surface area contributed by atoms with Crippen LogP contribution in [0.3, 0.4) is 0 Å². The molecule has 5 nitrogen and oxygen atoms in total. The number of fused-ring (bicyclic) bond motifs is 1. The fourth-order valence-electron chi connectivity index (χ4n) is 2.42. The second kappa shape index (κ2) is 5.44. The number of nitrogens with one attached hydrogen (secondary N) is 1. The molecule has 0 aliphatic carbocycles. The van der Waals surface area contributed by atoms with Crippen LogP contribution in [-0.2, 0) is 6.42 Å². The molecule has 0 saturated carbocycles. The van der Waals surface area contributed by atoms with Gasteiger partial charge in [-0.1, -0.05) is 0 Å². The van der Waals surface area contributed by atoms with E-state index >= 15 is 0 Å². The Balaban J connectivity index is 1.67. The molecule has 0 amide bonds. The van der Waals surface area contributed by atoms with E-state index in [0.717, 1.165) is 47.8 Å². The smallest absolute Gasteiger partial charge is 0.193 e. The Morgan fingerprint density at radius 3 is 3.00 bits per heavy atom. The van der Waals surface area contributed by atoms with Gasteiger partial charge >= 0.3 is 0 Å². The maximum Gasteiger partial charge on any atom is 0.193 e. The number of halogens is 1. The summed E-state index contributed by atoms with van der Waals surface area (Å²) in [6, 6.07) is 2.09. The number of aromatic nitrogens is 2. The average molecular weight is 336 g/mol. The monoisotopic (exact) mass is 335 g/mol. The third-order valence-electron chi connectivity index (χ3n) is 3.47. The van der Waals surface area contributed by atoms with Crippen LogP contribution in [0, 0.1) is 6.92 Å². The minimum absolute atomic E-state index is 0.854. The molecule has 1 aliphatic rings. The molecule has 3 heterocycles. The van der Waals surface area contributed by atoms with Gasteiger partial charge < -0.3 is 14.6 Å². The van der Waals surface area contributed by atoms with Crippen molar-refractivity contribution in [2.45, 2.75) is 13.3 Å². The second-order valence-electron chi connectivity index (χ2n) is 5.11. The minimum Gasteiger partial charge on any atom is -0.356 e. The van der Waals surface area contributed by atoms with Crippen LogP contribution in [0.2, 0.25) is 0 Å². The third kappa shape index (κ3) is 2.65. The maximum absolute atomic E-state index is 4.69. The zero-order valence-corrected chi connectivity index (χ0v) is 13.3. The Labute approximate surface area is 126 Å². The highest BCUT2D eigenvalue weighted by atomic mass is 79.9. The van der Waals surface area contributed by atoms with E-state index < -0.39 is 0 Å². The fraction of sp³-hybridized carbons (Fsp3) is 0.429. The molecule has 1 N–H and O–H groups in total. The fourth-order valence-corrected chi connectivity index (χ4v) is 2.99. The molecule has 3 rings (SSSR count). The van der Waals surface area contributed by atoms with Crippen molar-refractivity contribution in [3.05, 3.63) is 34.2 Å². The number of aliphatic imine (C=N–C) groups is 1. The lowest BCUT2D eigenvalue weighted by Gasteiger charge is -2.14. The number of imidazole rings is 1. The number of likely N-dealkylation sites (N-methyl/N-ethyl adjacent to an activating group) is 1. The normalized spacial score (nSPS) is 14.9. The van der Waals surface area contributed by atoms with E-state index in [2.05, 4.69) is 66.8 Å². The highest BCUT2D eigenvalue weighted by Gasteiger charge is 2.11. The van der Waals surface area contributed by atoms with Crippen molar-refractivity contribution in [1.82, 2.24) is 19.6 Å². The first-order valence-electron chi connectivity index (χ1n) is 6.76. The summed E-state index contributed by atoms with van der Waals surface area (Å²) in [5.74, 6) is 0.993. The van der Waals surface area contributed by atoms with E-state index in [4.69, 9.17) is 0 Å². The van der Waals surface area contributed by atoms with Crippen LogP contribution in [0.25, 0.3) is 5.65 Å². The van der Waals surface area contributed by atoms with Crippen LogP contribution in [0.15, 0.2) is 27.9 Å². The predicted molar refractivity (Wildman–Crippen MR) is 84.3 cm³/mol. The number of rotatable bonds is 3. The van der Waals surface area contributed by atoms with Gasteiger partial charge in [-0.3, -0.25) is 4.99 Å². The van der Waals surface area contributed by atoms with Crippen molar-refractivity contribution < 1.29 is 0 Å². The lowest BCUT2D eigenvalue weighted by Crippen LogP contribution is -2.36. The SMILES string of the molecule is Cc1cc(Br)cn2cc(CCNC3=NCCN3C)nc12. The van der Waals surface area contributed by atoms with Crippen LogP contribution in [0.4, 0.5) is 0 Å². The summed E-state index contributed by atoms with van der Waals surface area (Å²) in [6.07, 6.45) is 5.03. The standard InChI is InChI=1S/C14H18BrN5/c1-10-7-11(15)8-20-9-12(18-13(10)20)3-4-16-14-17-5-6-19(14)2/h7-9H,3-6H2,1-2H3,(H,16,17). The molecule has 0 atom stereocenters. The first-order chi connectivity index (χ1) is 9.63. The molecular weight excluding hydrogens is 318 g/mol. The molecule has 1 aliphatic heterocycles. The van der Waals surface area contributed by atoms with Crippen molar-refractivity contribution in [3.8, 4) is 0 Å². The lowest BCUT2D eigenvalue weighted by molar-refractivity contribution is 0.534. The summed E-state index contributed by atoms with van der Waals surface area (Å²) < 4.78 is 3.15. The molecule has 0 spiro atoms. The van der Waals surface area contributed by atoms with E-state index in [0.29, 0.717) is 0 Å². The average Bonchev–Trinajstić information content (AvgIpc) is 2.96. The number of hydrogen-bond donors (Lipinski definition) is 1. The molecule has 0 aromatic carbocycles. The molecule has 0 radical (unpaired) electrons. The van der Waals surface area contributed by atoms with Gasteiger partial charge in [0.25, 0.3) is 0 Å². The molecule has 2 aromatic heterocycles. The van der Waals surface area contributed by atoms with Crippen LogP contribution >= 0.6 is 15.9 Å². The zero-order valence-electron chi connectivity index (χ0n) is 11.7. The first kappa shape index (κ1) is 13.4. The second-order valence-corrected chi connectivity index (χ2v) is 6.02. The van der Waals surface area contributed by atoms with Crippen LogP contribution < -0.4 is 5.32 Å². The molecular formula is C14H18BrN5. The number of pyridine rings is 1. The van der Waals surface area contributed by atoms with Gasteiger partial charge in [0.2, 0.25) is 0 Å². The summed E-state index contributed by atoms with van der Waals surface area (Å²) in [7, 11) is 2.06. The van der Waals surface area contributed by atoms with Gasteiger partial charge in [-0.15, -0.1) is 0 Å². The van der Waals surface area contributed by atoms with Crippen molar-refractivity contribution in [1.29, 1.82) is 0 Å². The van der Waals surface area contributed by atoms with Crippen LogP contribution in [0.1, 0.15) is 11.3 Å². The highest BCUT2D eigenvalue weighted by molar-refractivity contribution is 9.10. The quantitative estimate of drug-likeness (QED) is 0.930. The van der Waals surface area contributed by atoms with E-state index in [9.17, 15) is 0 Å². The molecule has 0 bridgehead atoms. The Morgan fingerprint density at radius 2 is 2.25 bits per heavy atom. The molecule has 106 valence electrons. The Hall–Kier alpha value is -1.56. The van der Waals surface area contributed by atoms with Gasteiger partial charge in [0.05, 0.1) is 12.2 Å². The van der Waals surface area contributed by atoms with Gasteiger partial charge in [0, 0.05) is 43.4 Å². The minimum atomic E-state index is 0.854. The summed E-state index contributed by atoms with van der Waals surface area (Å²) in [5, 5.41) is 3.37. The summed E-state index contributed by atoms with van der Waals surface area (Å²) >= 11 is 3.51. The van der Waals surface area contributed by atoms with Crippen molar-refractivity contribution in [2.24, 2.45) is 4.99 Å². The summed E-state index contributed by atoms with van der Waals surface area (Å²) in [6.45, 7) is 4.83. The first-order valence-corrected chi connectivity index (χ1v) is 7.56. The van der Waals surface area contributed by atoms with Crippen molar-refractivity contribution in [3.63, 3.8) is 0 Å². The molecule has 6 heteroatoms. The zero-order chi connectivity index (χ0) is 14.1. The number of hydrogen-bond acceptors (Lipinski definition) is 4. The van der Waals surface area contributed by atoms with Gasteiger partial charge in [0.1, 0.15) is 5.65 Å². The third-order valence-corrected chi connectivity index (χ3v) is 3.91. The summed E-state index contributed by atoms with van der Waals surface area (Å²) in [4.78, 5) is 11.2. The van der Waals surface area contributed by atoms with Crippen molar-refractivity contribution >= 4 is 27.5 Å². The number of guanidine groups is 1. The number of nitrogens with zero attached hydrogens (tertiary/aromatic N) is 4. The van der Waals surface area contributed by atoms with E-state index in [1.165, 1.54) is 5.56 Å². The molecule has 0 unspecified atom stereocenters. The maximum atomic E-state index is 4.69. The molecule has 2 aromatic rings. The van der Waals surface area contributed by atoms with E-state index in [1.807, 2.05) is 6.20 Å². The molecule has 0 saturated heterocycles. The van der Waals surface area contributed by atoms with Crippen LogP contribution in [-0.4, -0.2) is 46.9 Å². The topological polar surface area (TPSA) is 44.9 Å². The van der Waals surface area contributed by atoms with E-state index in [1.54, 1.807) is 0 Å².